The van der Waals surface area contributed by atoms with E-state index in [1.54, 1.807) is 0 Å². The molecule has 3 atom stereocenters. The lowest BCUT2D eigenvalue weighted by Gasteiger charge is -2.12. The van der Waals surface area contributed by atoms with Crippen LogP contribution in [0.3, 0.4) is 0 Å². The third-order valence-electron chi connectivity index (χ3n) is 2.13. The summed E-state index contributed by atoms with van der Waals surface area (Å²) in [6, 6.07) is -0.0208. The molecule has 2 N–H and O–H groups in total. The van der Waals surface area contributed by atoms with Gasteiger partial charge in [0.05, 0.1) is 18.8 Å². The molecule has 58 valence electrons. The summed E-state index contributed by atoms with van der Waals surface area (Å²) in [4.78, 5) is 0. The predicted molar refractivity (Wildman–Crippen MR) is 32.8 cm³/mol. The van der Waals surface area contributed by atoms with Crippen molar-refractivity contribution >= 4 is 0 Å². The van der Waals surface area contributed by atoms with E-state index in [2.05, 4.69) is 5.48 Å². The SMILES string of the molecule is ONC1CO[C@@H]2CCO[C@H]12. The maximum absolute atomic E-state index is 8.60. The van der Waals surface area contributed by atoms with Crippen LogP contribution in [0.2, 0.25) is 0 Å². The maximum Gasteiger partial charge on any atom is 0.103 e. The first-order valence-electron chi connectivity index (χ1n) is 3.54. The van der Waals surface area contributed by atoms with E-state index in [-0.39, 0.29) is 18.2 Å². The second-order valence-corrected chi connectivity index (χ2v) is 2.73. The van der Waals surface area contributed by atoms with Crippen molar-refractivity contribution in [1.29, 1.82) is 0 Å². The molecule has 2 rings (SSSR count). The highest BCUT2D eigenvalue weighted by molar-refractivity contribution is 4.91. The van der Waals surface area contributed by atoms with Crippen LogP contribution >= 0.6 is 0 Å². The van der Waals surface area contributed by atoms with Gasteiger partial charge in [0.1, 0.15) is 6.10 Å². The van der Waals surface area contributed by atoms with Crippen molar-refractivity contribution in [3.05, 3.63) is 0 Å². The van der Waals surface area contributed by atoms with Gasteiger partial charge in [-0.15, -0.1) is 0 Å². The maximum atomic E-state index is 8.60. The Labute approximate surface area is 59.1 Å². The van der Waals surface area contributed by atoms with E-state index in [9.17, 15) is 0 Å². The number of rotatable bonds is 1. The highest BCUT2D eigenvalue weighted by Gasteiger charge is 2.41. The van der Waals surface area contributed by atoms with Crippen LogP contribution in [0.4, 0.5) is 0 Å². The summed E-state index contributed by atoms with van der Waals surface area (Å²) in [7, 11) is 0. The molecule has 0 aliphatic carbocycles. The van der Waals surface area contributed by atoms with Gasteiger partial charge in [0.25, 0.3) is 0 Å². The fourth-order valence-electron chi connectivity index (χ4n) is 1.58. The van der Waals surface area contributed by atoms with Gasteiger partial charge in [-0.25, -0.2) is 0 Å². The second-order valence-electron chi connectivity index (χ2n) is 2.73. The van der Waals surface area contributed by atoms with E-state index in [1.807, 2.05) is 0 Å². The van der Waals surface area contributed by atoms with Crippen LogP contribution in [0.15, 0.2) is 0 Å². The summed E-state index contributed by atoms with van der Waals surface area (Å²) in [5.74, 6) is 0. The Morgan fingerprint density at radius 3 is 3.10 bits per heavy atom. The molecule has 2 aliphatic rings. The van der Waals surface area contributed by atoms with Gasteiger partial charge in [-0.05, 0) is 6.42 Å². The molecule has 4 nitrogen and oxygen atoms in total. The first-order valence-corrected chi connectivity index (χ1v) is 3.54. The van der Waals surface area contributed by atoms with Gasteiger partial charge < -0.3 is 14.7 Å². The molecule has 1 unspecified atom stereocenters. The minimum absolute atomic E-state index is 0.0208. The van der Waals surface area contributed by atoms with Gasteiger partial charge >= 0.3 is 0 Å². The number of hydroxylamine groups is 1. The Bertz CT molecular complexity index is 130. The Balaban J connectivity index is 2.01. The molecule has 0 radical (unpaired) electrons. The Hall–Kier alpha value is -0.160. The molecule has 0 spiro atoms. The minimum Gasteiger partial charge on any atom is -0.374 e. The third kappa shape index (κ3) is 0.845. The Morgan fingerprint density at radius 1 is 1.40 bits per heavy atom. The molecule has 0 bridgehead atoms. The molecule has 0 aromatic carbocycles. The van der Waals surface area contributed by atoms with Crippen molar-refractivity contribution in [2.75, 3.05) is 13.2 Å². The van der Waals surface area contributed by atoms with Crippen LogP contribution in [-0.4, -0.2) is 36.7 Å². The summed E-state index contributed by atoms with van der Waals surface area (Å²) in [5, 5.41) is 8.60. The smallest absolute Gasteiger partial charge is 0.103 e. The van der Waals surface area contributed by atoms with Gasteiger partial charge in [-0.1, -0.05) is 0 Å². The zero-order valence-corrected chi connectivity index (χ0v) is 5.62. The van der Waals surface area contributed by atoms with Crippen molar-refractivity contribution < 1.29 is 14.7 Å². The largest absolute Gasteiger partial charge is 0.374 e. The lowest BCUT2D eigenvalue weighted by Crippen LogP contribution is -2.38. The number of ether oxygens (including phenoxy) is 2. The van der Waals surface area contributed by atoms with E-state index >= 15 is 0 Å². The molecule has 2 aliphatic heterocycles. The van der Waals surface area contributed by atoms with Crippen LogP contribution in [0.25, 0.3) is 0 Å². The lowest BCUT2D eigenvalue weighted by atomic mass is 10.1. The number of hydrogen-bond donors (Lipinski definition) is 2. The third-order valence-corrected chi connectivity index (χ3v) is 2.13. The van der Waals surface area contributed by atoms with Crippen molar-refractivity contribution in [3.63, 3.8) is 0 Å². The average Bonchev–Trinajstić information content (AvgIpc) is 2.44. The normalized spacial score (nSPS) is 45.9. The lowest BCUT2D eigenvalue weighted by molar-refractivity contribution is 0.0342. The second kappa shape index (κ2) is 2.47. The molecule has 0 aromatic rings. The highest BCUT2D eigenvalue weighted by atomic mass is 16.6. The Morgan fingerprint density at radius 2 is 2.30 bits per heavy atom. The standard InChI is InChI=1S/C6H11NO3/c8-7-4-3-10-5-1-2-9-6(4)5/h4-8H,1-3H2/t4?,5-,6-/m1/s1. The van der Waals surface area contributed by atoms with E-state index in [0.717, 1.165) is 13.0 Å². The van der Waals surface area contributed by atoms with Crippen LogP contribution in [0.1, 0.15) is 6.42 Å². The number of fused-ring (bicyclic) bond motifs is 1. The van der Waals surface area contributed by atoms with Crippen molar-refractivity contribution in [2.45, 2.75) is 24.7 Å². The van der Waals surface area contributed by atoms with Crippen LogP contribution in [0, 0.1) is 0 Å². The minimum atomic E-state index is -0.0208. The van der Waals surface area contributed by atoms with Gasteiger partial charge in [-0.3, -0.25) is 0 Å². The summed E-state index contributed by atoms with van der Waals surface area (Å²) < 4.78 is 10.7. The van der Waals surface area contributed by atoms with Gasteiger partial charge in [0.2, 0.25) is 0 Å². The topological polar surface area (TPSA) is 50.7 Å². The zero-order chi connectivity index (χ0) is 6.97. The molecule has 10 heavy (non-hydrogen) atoms. The molecule has 2 heterocycles. The van der Waals surface area contributed by atoms with E-state index in [0.29, 0.717) is 6.61 Å². The molecule has 4 heteroatoms. The highest BCUT2D eigenvalue weighted by Crippen LogP contribution is 2.25. The van der Waals surface area contributed by atoms with E-state index in [1.165, 1.54) is 0 Å². The molecular weight excluding hydrogens is 134 g/mol. The first-order chi connectivity index (χ1) is 4.92. The molecule has 0 aromatic heterocycles. The summed E-state index contributed by atoms with van der Waals surface area (Å²) >= 11 is 0. The van der Waals surface area contributed by atoms with Crippen LogP contribution in [-0.2, 0) is 9.47 Å². The molecule has 0 saturated carbocycles. The summed E-state index contributed by atoms with van der Waals surface area (Å²) in [6.07, 6.45) is 1.25. The zero-order valence-electron chi connectivity index (χ0n) is 5.62. The van der Waals surface area contributed by atoms with Crippen molar-refractivity contribution in [2.24, 2.45) is 0 Å². The fraction of sp³-hybridized carbons (Fsp3) is 1.00. The average molecular weight is 145 g/mol. The van der Waals surface area contributed by atoms with Crippen molar-refractivity contribution in [3.8, 4) is 0 Å². The molecule has 2 saturated heterocycles. The quantitative estimate of drug-likeness (QED) is 0.489. The fourth-order valence-corrected chi connectivity index (χ4v) is 1.58. The van der Waals surface area contributed by atoms with E-state index in [4.69, 9.17) is 14.7 Å². The van der Waals surface area contributed by atoms with Gasteiger partial charge in [0.15, 0.2) is 0 Å². The van der Waals surface area contributed by atoms with E-state index < -0.39 is 0 Å². The molecule has 0 amide bonds. The predicted octanol–water partition coefficient (Wildman–Crippen LogP) is -0.479. The summed E-state index contributed by atoms with van der Waals surface area (Å²) in [5.41, 5.74) is 2.19. The van der Waals surface area contributed by atoms with Gasteiger partial charge in [0, 0.05) is 6.61 Å². The van der Waals surface area contributed by atoms with Crippen LogP contribution < -0.4 is 5.48 Å². The summed E-state index contributed by atoms with van der Waals surface area (Å²) in [6.45, 7) is 1.32. The van der Waals surface area contributed by atoms with Crippen molar-refractivity contribution in [1.82, 2.24) is 5.48 Å². The van der Waals surface area contributed by atoms with Gasteiger partial charge in [-0.2, -0.15) is 5.48 Å². The Kier molecular flexibility index (Phi) is 1.61. The first kappa shape index (κ1) is 6.54. The molecular formula is C6H11NO3. The van der Waals surface area contributed by atoms with Crippen LogP contribution in [0.5, 0.6) is 0 Å². The number of nitrogens with one attached hydrogen (secondary N) is 1. The monoisotopic (exact) mass is 145 g/mol. The number of hydrogen-bond acceptors (Lipinski definition) is 4. The molecule has 2 fully saturated rings.